The highest BCUT2D eigenvalue weighted by Crippen LogP contribution is 2.50. The molecule has 1 heterocycles. The summed E-state index contributed by atoms with van der Waals surface area (Å²) < 4.78 is 31.7. The second kappa shape index (κ2) is 10.5. The molecule has 2 aliphatic rings. The summed E-state index contributed by atoms with van der Waals surface area (Å²) in [5.41, 5.74) is 2.80. The second-order valence-corrected chi connectivity index (χ2v) is 9.15. The molecule has 1 spiro atoms. The summed E-state index contributed by atoms with van der Waals surface area (Å²) in [6, 6.07) is 8.68. The van der Waals surface area contributed by atoms with Crippen LogP contribution in [0.5, 0.6) is 0 Å². The van der Waals surface area contributed by atoms with E-state index in [1.54, 1.807) is 4.90 Å². The molecule has 1 aromatic rings. The molecule has 2 N–H and O–H groups in total. The van der Waals surface area contributed by atoms with Crippen molar-refractivity contribution < 1.29 is 32.7 Å². The predicted molar refractivity (Wildman–Crippen MR) is 117 cm³/mol. The molecule has 1 fully saturated rings. The minimum absolute atomic E-state index is 0.00222. The molecule has 3 rings (SSSR count). The number of carboxylic acids is 1. The van der Waals surface area contributed by atoms with Gasteiger partial charge in [0.25, 0.3) is 0 Å². The molecule has 1 aromatic carbocycles. The number of aliphatic carboxylic acids is 1. The molecule has 10 heteroatoms. The van der Waals surface area contributed by atoms with E-state index in [2.05, 4.69) is 34.5 Å². The first-order chi connectivity index (χ1) is 15.3. The molecule has 1 unspecified atom stereocenters. The average molecular weight is 472 g/mol. The van der Waals surface area contributed by atoms with E-state index in [0.717, 1.165) is 32.4 Å². The zero-order chi connectivity index (χ0) is 25.0. The van der Waals surface area contributed by atoms with Crippen molar-refractivity contribution in [2.24, 2.45) is 5.92 Å². The van der Waals surface area contributed by atoms with Gasteiger partial charge in [-0.05, 0) is 43.5 Å². The molecular formula is C23H32F3N3O4. The van der Waals surface area contributed by atoms with Crippen LogP contribution in [0, 0.1) is 5.92 Å². The van der Waals surface area contributed by atoms with Gasteiger partial charge in [-0.15, -0.1) is 0 Å². The van der Waals surface area contributed by atoms with Crippen molar-refractivity contribution in [2.75, 3.05) is 33.7 Å². The minimum Gasteiger partial charge on any atom is -0.475 e. The third-order valence-corrected chi connectivity index (χ3v) is 6.26. The highest BCUT2D eigenvalue weighted by molar-refractivity contribution is 5.79. The van der Waals surface area contributed by atoms with Gasteiger partial charge in [-0.3, -0.25) is 14.5 Å². The summed E-state index contributed by atoms with van der Waals surface area (Å²) in [6.45, 7) is 6.23. The van der Waals surface area contributed by atoms with Crippen LogP contribution in [0.4, 0.5) is 13.2 Å². The number of rotatable bonds is 4. The molecule has 2 amide bonds. The van der Waals surface area contributed by atoms with Gasteiger partial charge in [-0.1, -0.05) is 38.1 Å². The Morgan fingerprint density at radius 2 is 1.73 bits per heavy atom. The Balaban J connectivity index is 0.000000479. The van der Waals surface area contributed by atoms with E-state index in [-0.39, 0.29) is 29.2 Å². The van der Waals surface area contributed by atoms with Crippen LogP contribution >= 0.6 is 0 Å². The molecular weight excluding hydrogens is 439 g/mol. The lowest BCUT2D eigenvalue weighted by Crippen LogP contribution is -2.45. The van der Waals surface area contributed by atoms with Gasteiger partial charge in [0.1, 0.15) is 0 Å². The Kier molecular flexibility index (Phi) is 8.51. The zero-order valence-corrected chi connectivity index (χ0v) is 19.4. The monoisotopic (exact) mass is 471 g/mol. The van der Waals surface area contributed by atoms with Crippen LogP contribution in [0.25, 0.3) is 0 Å². The summed E-state index contributed by atoms with van der Waals surface area (Å²) >= 11 is 0. The van der Waals surface area contributed by atoms with E-state index in [1.165, 1.54) is 11.1 Å². The average Bonchev–Trinajstić information content (AvgIpc) is 3.02. The summed E-state index contributed by atoms with van der Waals surface area (Å²) in [5, 5.41) is 10.4. The van der Waals surface area contributed by atoms with Crippen LogP contribution in [0.2, 0.25) is 0 Å². The van der Waals surface area contributed by atoms with Crippen LogP contribution in [0.1, 0.15) is 50.3 Å². The molecule has 1 aliphatic heterocycles. The number of carbonyl (C=O) groups excluding carboxylic acids is 2. The summed E-state index contributed by atoms with van der Waals surface area (Å²) in [4.78, 5) is 37.1. The number of nitrogens with zero attached hydrogens (tertiary/aromatic N) is 2. The van der Waals surface area contributed by atoms with Crippen molar-refractivity contribution in [2.45, 2.75) is 50.7 Å². The first kappa shape index (κ1) is 26.6. The van der Waals surface area contributed by atoms with Crippen LogP contribution in [-0.2, 0) is 19.8 Å². The molecule has 0 bridgehead atoms. The fourth-order valence-electron chi connectivity index (χ4n) is 4.31. The first-order valence-electron chi connectivity index (χ1n) is 10.9. The van der Waals surface area contributed by atoms with Gasteiger partial charge in [0.15, 0.2) is 0 Å². The Hall–Kier alpha value is -2.62. The van der Waals surface area contributed by atoms with E-state index < -0.39 is 12.1 Å². The van der Waals surface area contributed by atoms with Gasteiger partial charge < -0.3 is 15.3 Å². The maximum Gasteiger partial charge on any atom is 0.490 e. The van der Waals surface area contributed by atoms with E-state index in [1.807, 2.05) is 27.9 Å². The van der Waals surface area contributed by atoms with Crippen molar-refractivity contribution >= 4 is 17.8 Å². The van der Waals surface area contributed by atoms with Crippen LogP contribution in [-0.4, -0.2) is 72.6 Å². The largest absolute Gasteiger partial charge is 0.490 e. The van der Waals surface area contributed by atoms with Gasteiger partial charge in [0.2, 0.25) is 11.8 Å². The Labute approximate surface area is 191 Å². The Morgan fingerprint density at radius 3 is 2.21 bits per heavy atom. The SMILES string of the molecule is CC(C)C(=O)NC1CC2(CCN(CC(=O)N(C)C)CC2)c2ccccc21.O=C(O)C(F)(F)F. The lowest BCUT2D eigenvalue weighted by atomic mass is 9.73. The maximum absolute atomic E-state index is 12.3. The van der Waals surface area contributed by atoms with E-state index in [0.29, 0.717) is 6.54 Å². The van der Waals surface area contributed by atoms with Gasteiger partial charge in [-0.2, -0.15) is 13.2 Å². The summed E-state index contributed by atoms with van der Waals surface area (Å²) in [7, 11) is 3.62. The van der Waals surface area contributed by atoms with Crippen LogP contribution in [0.3, 0.4) is 0 Å². The number of halogens is 3. The molecule has 0 radical (unpaired) electrons. The molecule has 184 valence electrons. The van der Waals surface area contributed by atoms with Crippen molar-refractivity contribution in [1.82, 2.24) is 15.1 Å². The number of piperidine rings is 1. The number of carbonyl (C=O) groups is 3. The maximum atomic E-state index is 12.3. The second-order valence-electron chi connectivity index (χ2n) is 9.15. The number of carboxylic acid groups (broad SMARTS) is 1. The third kappa shape index (κ3) is 6.69. The van der Waals surface area contributed by atoms with Crippen molar-refractivity contribution in [3.8, 4) is 0 Å². The summed E-state index contributed by atoms with van der Waals surface area (Å²) in [6.07, 6.45) is -2.03. The number of hydrogen-bond acceptors (Lipinski definition) is 4. The van der Waals surface area contributed by atoms with Crippen molar-refractivity contribution in [3.63, 3.8) is 0 Å². The number of alkyl halides is 3. The van der Waals surface area contributed by atoms with Gasteiger partial charge in [-0.25, -0.2) is 4.79 Å². The lowest BCUT2D eigenvalue weighted by molar-refractivity contribution is -0.192. The smallest absolute Gasteiger partial charge is 0.475 e. The topological polar surface area (TPSA) is 90.0 Å². The molecule has 0 aromatic heterocycles. The van der Waals surface area contributed by atoms with Gasteiger partial charge in [0.05, 0.1) is 12.6 Å². The van der Waals surface area contributed by atoms with E-state index in [9.17, 15) is 22.8 Å². The van der Waals surface area contributed by atoms with Gasteiger partial charge in [0, 0.05) is 25.4 Å². The lowest BCUT2D eigenvalue weighted by Gasteiger charge is -2.40. The number of amides is 2. The highest BCUT2D eigenvalue weighted by Gasteiger charge is 2.45. The highest BCUT2D eigenvalue weighted by atomic mass is 19.4. The Bertz CT molecular complexity index is 863. The number of fused-ring (bicyclic) bond motifs is 2. The van der Waals surface area contributed by atoms with E-state index in [4.69, 9.17) is 9.90 Å². The normalized spacial score (nSPS) is 19.5. The third-order valence-electron chi connectivity index (χ3n) is 6.26. The van der Waals surface area contributed by atoms with Crippen molar-refractivity contribution in [3.05, 3.63) is 35.4 Å². The summed E-state index contributed by atoms with van der Waals surface area (Å²) in [5.74, 6) is -2.48. The Morgan fingerprint density at radius 1 is 1.18 bits per heavy atom. The molecule has 1 saturated heterocycles. The first-order valence-corrected chi connectivity index (χ1v) is 10.9. The number of hydrogen-bond donors (Lipinski definition) is 2. The molecule has 1 atom stereocenters. The molecule has 33 heavy (non-hydrogen) atoms. The molecule has 1 aliphatic carbocycles. The van der Waals surface area contributed by atoms with E-state index >= 15 is 0 Å². The van der Waals surface area contributed by atoms with Gasteiger partial charge >= 0.3 is 12.1 Å². The number of likely N-dealkylation sites (N-methyl/N-ethyl adjacent to an activating group) is 1. The van der Waals surface area contributed by atoms with Crippen molar-refractivity contribution in [1.29, 1.82) is 0 Å². The van der Waals surface area contributed by atoms with Crippen LogP contribution < -0.4 is 5.32 Å². The number of nitrogens with one attached hydrogen (secondary N) is 1. The molecule has 7 nitrogen and oxygen atoms in total. The molecule has 0 saturated carbocycles. The fourth-order valence-corrected chi connectivity index (χ4v) is 4.31. The minimum atomic E-state index is -5.08. The number of benzene rings is 1. The predicted octanol–water partition coefficient (Wildman–Crippen LogP) is 2.96. The quantitative estimate of drug-likeness (QED) is 0.705. The zero-order valence-electron chi connectivity index (χ0n) is 19.4. The van der Waals surface area contributed by atoms with Crippen LogP contribution in [0.15, 0.2) is 24.3 Å². The standard InChI is InChI=1S/C21H31N3O2.C2HF3O2/c1-15(2)20(26)22-18-13-21(17-8-6-5-7-16(17)18)9-11-24(12-10-21)14-19(25)23(3)4;3-2(4,5)1(6)7/h5-8,15,18H,9-14H2,1-4H3,(H,22,26);(H,6,7). The fraction of sp³-hybridized carbons (Fsp3) is 0.609. The number of likely N-dealkylation sites (tertiary alicyclic amines) is 1.